The van der Waals surface area contributed by atoms with Crippen molar-refractivity contribution in [1.29, 1.82) is 0 Å². The Morgan fingerprint density at radius 2 is 1.79 bits per heavy atom. The van der Waals surface area contributed by atoms with E-state index in [1.807, 2.05) is 0 Å². The normalized spacial score (nSPS) is 32.0. The molecule has 3 aliphatic rings. The van der Waals surface area contributed by atoms with Crippen LogP contribution in [0, 0.1) is 29.6 Å². The van der Waals surface area contributed by atoms with Crippen molar-refractivity contribution in [2.24, 2.45) is 29.6 Å². The first-order valence-corrected chi connectivity index (χ1v) is 9.78. The number of amides is 2. The topological polar surface area (TPSA) is 46.6 Å². The van der Waals surface area contributed by atoms with Crippen molar-refractivity contribution >= 4 is 11.8 Å². The van der Waals surface area contributed by atoms with Crippen LogP contribution in [0.1, 0.15) is 52.4 Å². The van der Waals surface area contributed by atoms with Gasteiger partial charge in [-0.05, 0) is 37.0 Å². The minimum absolute atomic E-state index is 0.0630. The van der Waals surface area contributed by atoms with Gasteiger partial charge in [-0.25, -0.2) is 0 Å². The van der Waals surface area contributed by atoms with Gasteiger partial charge in [-0.3, -0.25) is 14.5 Å². The molecule has 2 bridgehead atoms. The van der Waals surface area contributed by atoms with Crippen molar-refractivity contribution in [3.8, 4) is 0 Å². The summed E-state index contributed by atoms with van der Waals surface area (Å²) < 4.78 is 5.80. The number of ether oxygens (including phenoxy) is 1. The van der Waals surface area contributed by atoms with Crippen LogP contribution >= 0.6 is 0 Å². The molecule has 0 aromatic rings. The van der Waals surface area contributed by atoms with Crippen LogP contribution in [0.2, 0.25) is 0 Å². The molecule has 1 heterocycles. The number of imide groups is 1. The highest BCUT2D eigenvalue weighted by Crippen LogP contribution is 2.52. The van der Waals surface area contributed by atoms with Gasteiger partial charge in [-0.1, -0.05) is 45.3 Å². The molecule has 2 amide bonds. The van der Waals surface area contributed by atoms with Gasteiger partial charge < -0.3 is 4.74 Å². The standard InChI is InChI=1S/C20H31NO3/c1-3-5-7-14(4-2)13-24-11-6-10-21-19(22)17-15-8-9-16(12-15)18(17)20(21)23/h8-9,14-18H,3-7,10-13H2,1-2H3. The molecule has 1 aliphatic heterocycles. The zero-order valence-corrected chi connectivity index (χ0v) is 15.1. The maximum absolute atomic E-state index is 12.6. The number of allylic oxidation sites excluding steroid dienone is 2. The summed E-state index contributed by atoms with van der Waals surface area (Å²) in [4.78, 5) is 26.6. The maximum Gasteiger partial charge on any atom is 0.233 e. The summed E-state index contributed by atoms with van der Waals surface area (Å²) in [6, 6.07) is 0. The smallest absolute Gasteiger partial charge is 0.233 e. The van der Waals surface area contributed by atoms with Gasteiger partial charge >= 0.3 is 0 Å². The van der Waals surface area contributed by atoms with Crippen LogP contribution in [-0.4, -0.2) is 36.5 Å². The van der Waals surface area contributed by atoms with Crippen LogP contribution in [0.25, 0.3) is 0 Å². The molecular weight excluding hydrogens is 302 g/mol. The summed E-state index contributed by atoms with van der Waals surface area (Å²) in [6.07, 6.45) is 10.9. The van der Waals surface area contributed by atoms with Gasteiger partial charge in [0.2, 0.25) is 11.8 Å². The number of carbonyl (C=O) groups excluding carboxylic acids is 2. The molecule has 2 aliphatic carbocycles. The molecule has 0 radical (unpaired) electrons. The van der Waals surface area contributed by atoms with E-state index in [1.54, 1.807) is 0 Å². The van der Waals surface area contributed by atoms with E-state index >= 15 is 0 Å². The lowest BCUT2D eigenvalue weighted by molar-refractivity contribution is -0.140. The molecule has 2 fully saturated rings. The fourth-order valence-electron chi connectivity index (χ4n) is 4.66. The Kier molecular flexibility index (Phi) is 5.75. The number of fused-ring (bicyclic) bond motifs is 5. The average molecular weight is 333 g/mol. The highest BCUT2D eigenvalue weighted by molar-refractivity contribution is 6.06. The fraction of sp³-hybridized carbons (Fsp3) is 0.800. The highest BCUT2D eigenvalue weighted by atomic mass is 16.5. The number of unbranched alkanes of at least 4 members (excludes halogenated alkanes) is 1. The molecule has 5 unspecified atom stereocenters. The first kappa shape index (κ1) is 17.7. The Hall–Kier alpha value is -1.16. The minimum Gasteiger partial charge on any atom is -0.381 e. The van der Waals surface area contributed by atoms with Crippen molar-refractivity contribution in [2.45, 2.75) is 52.4 Å². The molecule has 134 valence electrons. The van der Waals surface area contributed by atoms with Crippen LogP contribution in [0.4, 0.5) is 0 Å². The van der Waals surface area contributed by atoms with Crippen molar-refractivity contribution in [3.05, 3.63) is 12.2 Å². The molecule has 1 saturated heterocycles. The lowest BCUT2D eigenvalue weighted by Crippen LogP contribution is -2.34. The zero-order valence-electron chi connectivity index (χ0n) is 15.1. The largest absolute Gasteiger partial charge is 0.381 e. The Bertz CT molecular complexity index is 471. The van der Waals surface area contributed by atoms with Crippen LogP contribution in [0.3, 0.4) is 0 Å². The molecule has 24 heavy (non-hydrogen) atoms. The van der Waals surface area contributed by atoms with E-state index in [0.717, 1.165) is 25.9 Å². The van der Waals surface area contributed by atoms with Gasteiger partial charge in [0.15, 0.2) is 0 Å². The summed E-state index contributed by atoms with van der Waals surface area (Å²) in [6.45, 7) is 6.40. The molecule has 1 saturated carbocycles. The average Bonchev–Trinajstić information content (AvgIpc) is 3.26. The molecule has 4 heteroatoms. The van der Waals surface area contributed by atoms with E-state index in [-0.39, 0.29) is 23.7 Å². The summed E-state index contributed by atoms with van der Waals surface area (Å²) in [5.74, 6) is 1.26. The van der Waals surface area contributed by atoms with E-state index in [2.05, 4.69) is 26.0 Å². The number of hydrogen-bond acceptors (Lipinski definition) is 3. The Balaban J connectivity index is 1.39. The van der Waals surface area contributed by atoms with Gasteiger partial charge in [0.25, 0.3) is 0 Å². The van der Waals surface area contributed by atoms with E-state index in [9.17, 15) is 9.59 Å². The van der Waals surface area contributed by atoms with E-state index in [4.69, 9.17) is 4.74 Å². The molecule has 0 aromatic carbocycles. The molecule has 3 rings (SSSR count). The van der Waals surface area contributed by atoms with E-state index < -0.39 is 0 Å². The third kappa shape index (κ3) is 3.30. The lowest BCUT2D eigenvalue weighted by Gasteiger charge is -2.18. The Morgan fingerprint density at radius 3 is 2.38 bits per heavy atom. The second-order valence-corrected chi connectivity index (χ2v) is 7.67. The summed E-state index contributed by atoms with van der Waals surface area (Å²) >= 11 is 0. The van der Waals surface area contributed by atoms with Crippen molar-refractivity contribution in [1.82, 2.24) is 4.90 Å². The molecular formula is C20H31NO3. The van der Waals surface area contributed by atoms with E-state index in [0.29, 0.717) is 30.9 Å². The first-order valence-electron chi connectivity index (χ1n) is 9.78. The minimum atomic E-state index is -0.0630. The van der Waals surface area contributed by atoms with Crippen molar-refractivity contribution in [2.75, 3.05) is 19.8 Å². The monoisotopic (exact) mass is 333 g/mol. The number of rotatable bonds is 10. The van der Waals surface area contributed by atoms with Crippen molar-refractivity contribution < 1.29 is 14.3 Å². The van der Waals surface area contributed by atoms with Gasteiger partial charge in [-0.15, -0.1) is 0 Å². The predicted octanol–water partition coefficient (Wildman–Crippen LogP) is 3.42. The van der Waals surface area contributed by atoms with Crippen LogP contribution in [0.5, 0.6) is 0 Å². The van der Waals surface area contributed by atoms with Crippen LogP contribution in [0.15, 0.2) is 12.2 Å². The number of hydrogen-bond donors (Lipinski definition) is 0. The third-order valence-corrected chi connectivity index (χ3v) is 6.13. The molecule has 5 atom stereocenters. The van der Waals surface area contributed by atoms with Gasteiger partial charge in [0.05, 0.1) is 11.8 Å². The second kappa shape index (κ2) is 7.81. The number of likely N-dealkylation sites (tertiary alicyclic amines) is 1. The first-order chi connectivity index (χ1) is 11.7. The summed E-state index contributed by atoms with van der Waals surface area (Å²) in [5.41, 5.74) is 0. The zero-order chi connectivity index (χ0) is 17.1. The SMILES string of the molecule is CCCCC(CC)COCCCN1C(=O)C2C3C=CC(C3)C2C1=O. The second-order valence-electron chi connectivity index (χ2n) is 7.67. The molecule has 4 nitrogen and oxygen atoms in total. The quantitative estimate of drug-likeness (QED) is 0.350. The third-order valence-electron chi connectivity index (χ3n) is 6.13. The predicted molar refractivity (Wildman–Crippen MR) is 93.2 cm³/mol. The number of carbonyl (C=O) groups is 2. The maximum atomic E-state index is 12.6. The lowest BCUT2D eigenvalue weighted by atomic mass is 9.85. The van der Waals surface area contributed by atoms with Gasteiger partial charge in [0.1, 0.15) is 0 Å². The van der Waals surface area contributed by atoms with Gasteiger partial charge in [-0.2, -0.15) is 0 Å². The molecule has 0 aromatic heterocycles. The Labute approximate surface area is 145 Å². The van der Waals surface area contributed by atoms with Gasteiger partial charge in [0, 0.05) is 19.8 Å². The van der Waals surface area contributed by atoms with E-state index in [1.165, 1.54) is 24.2 Å². The van der Waals surface area contributed by atoms with Crippen LogP contribution < -0.4 is 0 Å². The summed E-state index contributed by atoms with van der Waals surface area (Å²) in [7, 11) is 0. The summed E-state index contributed by atoms with van der Waals surface area (Å²) in [5, 5.41) is 0. The Morgan fingerprint density at radius 1 is 1.12 bits per heavy atom. The molecule has 0 spiro atoms. The molecule has 0 N–H and O–H groups in total. The van der Waals surface area contributed by atoms with Crippen LogP contribution in [-0.2, 0) is 14.3 Å². The van der Waals surface area contributed by atoms with Crippen molar-refractivity contribution in [3.63, 3.8) is 0 Å². The number of nitrogens with zero attached hydrogens (tertiary/aromatic N) is 1. The highest BCUT2D eigenvalue weighted by Gasteiger charge is 2.58. The fourth-order valence-corrected chi connectivity index (χ4v) is 4.66.